The van der Waals surface area contributed by atoms with E-state index in [-0.39, 0.29) is 5.38 Å². The number of hydrogen-bond donors (Lipinski definition) is 0. The number of nitriles is 1. The summed E-state index contributed by atoms with van der Waals surface area (Å²) in [5.41, 5.74) is 3.33. The lowest BCUT2D eigenvalue weighted by molar-refractivity contribution is 1.09. The van der Waals surface area contributed by atoms with Gasteiger partial charge in [0.25, 0.3) is 0 Å². The first-order valence-electron chi connectivity index (χ1n) is 4.15. The van der Waals surface area contributed by atoms with Crippen LogP contribution in [0.15, 0.2) is 30.3 Å². The second-order valence-corrected chi connectivity index (χ2v) is 3.58. The van der Waals surface area contributed by atoms with Crippen molar-refractivity contribution in [3.8, 4) is 6.07 Å². The lowest BCUT2D eigenvalue weighted by Crippen LogP contribution is -1.93. The van der Waals surface area contributed by atoms with E-state index in [9.17, 15) is 0 Å². The standard InChI is InChI=1S/C11H8ClN/c12-11-7-8-3-1-2-4-9(8)10(11)5-6-13/h1-5,11H,7H2/b10-5+/t11-/m1/s1. The molecule has 1 aromatic carbocycles. The molecule has 0 saturated carbocycles. The van der Waals surface area contributed by atoms with Crippen LogP contribution in [0.4, 0.5) is 0 Å². The minimum Gasteiger partial charge on any atom is -0.193 e. The predicted octanol–water partition coefficient (Wildman–Crippen LogP) is 2.76. The van der Waals surface area contributed by atoms with Crippen LogP contribution in [0.3, 0.4) is 0 Å². The van der Waals surface area contributed by atoms with E-state index in [4.69, 9.17) is 16.9 Å². The monoisotopic (exact) mass is 189 g/mol. The third-order valence-corrected chi connectivity index (χ3v) is 2.67. The smallest absolute Gasteiger partial charge is 0.0915 e. The highest BCUT2D eigenvalue weighted by Gasteiger charge is 2.23. The number of rotatable bonds is 0. The summed E-state index contributed by atoms with van der Waals surface area (Å²) in [6.07, 6.45) is 2.38. The van der Waals surface area contributed by atoms with Gasteiger partial charge in [-0.2, -0.15) is 5.26 Å². The number of allylic oxidation sites excluding steroid dienone is 2. The largest absolute Gasteiger partial charge is 0.193 e. The van der Waals surface area contributed by atoms with Crippen molar-refractivity contribution in [1.29, 1.82) is 5.26 Å². The minimum atomic E-state index is -0.0305. The van der Waals surface area contributed by atoms with Crippen molar-refractivity contribution in [1.82, 2.24) is 0 Å². The van der Waals surface area contributed by atoms with E-state index in [1.165, 1.54) is 5.56 Å². The fourth-order valence-electron chi connectivity index (χ4n) is 1.69. The summed E-state index contributed by atoms with van der Waals surface area (Å²) in [5, 5.41) is 8.55. The Balaban J connectivity index is 2.54. The zero-order valence-electron chi connectivity index (χ0n) is 7.00. The van der Waals surface area contributed by atoms with Crippen molar-refractivity contribution in [2.45, 2.75) is 11.8 Å². The predicted molar refractivity (Wildman–Crippen MR) is 53.4 cm³/mol. The summed E-state index contributed by atoms with van der Waals surface area (Å²) in [4.78, 5) is 0. The highest BCUT2D eigenvalue weighted by Crippen LogP contribution is 2.35. The number of nitrogens with zero attached hydrogens (tertiary/aromatic N) is 1. The van der Waals surface area contributed by atoms with Crippen molar-refractivity contribution in [2.24, 2.45) is 0 Å². The topological polar surface area (TPSA) is 23.8 Å². The van der Waals surface area contributed by atoms with Gasteiger partial charge >= 0.3 is 0 Å². The Morgan fingerprint density at radius 2 is 2.23 bits per heavy atom. The van der Waals surface area contributed by atoms with Gasteiger partial charge in [-0.25, -0.2) is 0 Å². The number of fused-ring (bicyclic) bond motifs is 1. The van der Waals surface area contributed by atoms with Gasteiger partial charge in [-0.05, 0) is 23.1 Å². The lowest BCUT2D eigenvalue weighted by atomic mass is 10.1. The molecule has 2 rings (SSSR count). The first-order chi connectivity index (χ1) is 6.33. The van der Waals surface area contributed by atoms with E-state index in [1.54, 1.807) is 6.08 Å². The fourth-order valence-corrected chi connectivity index (χ4v) is 2.04. The molecular weight excluding hydrogens is 182 g/mol. The van der Waals surface area contributed by atoms with E-state index < -0.39 is 0 Å². The molecule has 0 spiro atoms. The third-order valence-electron chi connectivity index (χ3n) is 2.29. The third kappa shape index (κ3) is 1.34. The van der Waals surface area contributed by atoms with Crippen LogP contribution < -0.4 is 0 Å². The minimum absolute atomic E-state index is 0.0305. The van der Waals surface area contributed by atoms with Gasteiger partial charge in [-0.3, -0.25) is 0 Å². The van der Waals surface area contributed by atoms with Gasteiger partial charge in [-0.1, -0.05) is 24.3 Å². The van der Waals surface area contributed by atoms with Crippen LogP contribution in [-0.2, 0) is 6.42 Å². The van der Waals surface area contributed by atoms with E-state index in [0.717, 1.165) is 17.6 Å². The van der Waals surface area contributed by atoms with Crippen molar-refractivity contribution >= 4 is 17.2 Å². The normalized spacial score (nSPS) is 22.8. The Morgan fingerprint density at radius 1 is 1.46 bits per heavy atom. The van der Waals surface area contributed by atoms with Crippen molar-refractivity contribution in [3.63, 3.8) is 0 Å². The average molecular weight is 190 g/mol. The Hall–Kier alpha value is -1.26. The Morgan fingerprint density at radius 3 is 3.00 bits per heavy atom. The second kappa shape index (κ2) is 3.24. The van der Waals surface area contributed by atoms with Gasteiger partial charge < -0.3 is 0 Å². The maximum atomic E-state index is 8.58. The molecule has 0 bridgehead atoms. The molecule has 1 aliphatic rings. The highest BCUT2D eigenvalue weighted by atomic mass is 35.5. The number of hydrogen-bond acceptors (Lipinski definition) is 1. The molecule has 0 saturated heterocycles. The van der Waals surface area contributed by atoms with Crippen LogP contribution in [0, 0.1) is 11.3 Å². The van der Waals surface area contributed by atoms with Crippen molar-refractivity contribution in [3.05, 3.63) is 41.5 Å². The van der Waals surface area contributed by atoms with Gasteiger partial charge in [-0.15, -0.1) is 11.6 Å². The zero-order valence-corrected chi connectivity index (χ0v) is 7.75. The van der Waals surface area contributed by atoms with Crippen LogP contribution >= 0.6 is 11.6 Å². The first kappa shape index (κ1) is 8.34. The average Bonchev–Trinajstić information content (AvgIpc) is 2.44. The molecule has 0 aliphatic heterocycles. The zero-order chi connectivity index (χ0) is 9.26. The van der Waals surface area contributed by atoms with E-state index in [0.29, 0.717) is 0 Å². The highest BCUT2D eigenvalue weighted by molar-refractivity contribution is 6.27. The van der Waals surface area contributed by atoms with Gasteiger partial charge in [0.15, 0.2) is 0 Å². The van der Waals surface area contributed by atoms with E-state index >= 15 is 0 Å². The summed E-state index contributed by atoms with van der Waals surface area (Å²) >= 11 is 6.10. The van der Waals surface area contributed by atoms with Gasteiger partial charge in [0.05, 0.1) is 11.4 Å². The van der Waals surface area contributed by atoms with Gasteiger partial charge in [0, 0.05) is 6.08 Å². The van der Waals surface area contributed by atoms with Gasteiger partial charge in [0.1, 0.15) is 0 Å². The van der Waals surface area contributed by atoms with Crippen LogP contribution in [0.5, 0.6) is 0 Å². The van der Waals surface area contributed by atoms with Crippen molar-refractivity contribution in [2.75, 3.05) is 0 Å². The maximum Gasteiger partial charge on any atom is 0.0915 e. The van der Waals surface area contributed by atoms with Crippen LogP contribution in [-0.4, -0.2) is 5.38 Å². The maximum absolute atomic E-state index is 8.58. The second-order valence-electron chi connectivity index (χ2n) is 3.06. The molecule has 0 N–H and O–H groups in total. The van der Waals surface area contributed by atoms with Crippen molar-refractivity contribution < 1.29 is 0 Å². The molecule has 1 aliphatic carbocycles. The SMILES string of the molecule is N#C/C=C1\c2ccccc2C[C@H]1Cl. The van der Waals surface area contributed by atoms with Crippen LogP contribution in [0.1, 0.15) is 11.1 Å². The Bertz CT molecular complexity index is 401. The van der Waals surface area contributed by atoms with E-state index in [1.807, 2.05) is 24.3 Å². The molecule has 13 heavy (non-hydrogen) atoms. The molecule has 64 valence electrons. The van der Waals surface area contributed by atoms with Crippen LogP contribution in [0.2, 0.25) is 0 Å². The van der Waals surface area contributed by atoms with Gasteiger partial charge in [0.2, 0.25) is 0 Å². The Labute approximate surface area is 82.3 Å². The lowest BCUT2D eigenvalue weighted by Gasteiger charge is -1.99. The molecule has 1 atom stereocenters. The fraction of sp³-hybridized carbons (Fsp3) is 0.182. The molecule has 0 amide bonds. The quantitative estimate of drug-likeness (QED) is 0.455. The first-order valence-corrected chi connectivity index (χ1v) is 4.58. The summed E-state index contributed by atoms with van der Waals surface area (Å²) in [6.45, 7) is 0. The summed E-state index contributed by atoms with van der Waals surface area (Å²) < 4.78 is 0. The molecule has 0 aromatic heterocycles. The summed E-state index contributed by atoms with van der Waals surface area (Å²) in [5.74, 6) is 0. The summed E-state index contributed by atoms with van der Waals surface area (Å²) in [7, 11) is 0. The molecular formula is C11H8ClN. The molecule has 1 nitrogen and oxygen atoms in total. The molecule has 0 unspecified atom stereocenters. The molecule has 2 heteroatoms. The molecule has 1 aromatic rings. The summed E-state index contributed by atoms with van der Waals surface area (Å²) in [6, 6.07) is 10.1. The van der Waals surface area contributed by atoms with Crippen LogP contribution in [0.25, 0.3) is 5.57 Å². The molecule has 0 radical (unpaired) electrons. The Kier molecular flexibility index (Phi) is 2.08. The molecule has 0 heterocycles. The molecule has 0 fully saturated rings. The number of benzene rings is 1. The number of halogens is 1. The number of alkyl halides is 1. The van der Waals surface area contributed by atoms with E-state index in [2.05, 4.69) is 6.07 Å².